The maximum Gasteiger partial charge on any atom is 0.287 e. The zero-order chi connectivity index (χ0) is 24.4. The topological polar surface area (TPSA) is 56.4 Å². The van der Waals surface area contributed by atoms with Crippen molar-refractivity contribution in [3.05, 3.63) is 103 Å². The summed E-state index contributed by atoms with van der Waals surface area (Å²) in [6, 6.07) is 14.7. The summed E-state index contributed by atoms with van der Waals surface area (Å²) in [6.45, 7) is 1.84. The molecule has 0 spiro atoms. The highest BCUT2D eigenvalue weighted by Crippen LogP contribution is 2.48. The van der Waals surface area contributed by atoms with Crippen LogP contribution in [0.2, 0.25) is 25.1 Å². The van der Waals surface area contributed by atoms with Crippen molar-refractivity contribution in [1.29, 1.82) is 0 Å². The number of hydrogen-bond donors (Lipinski definition) is 1. The van der Waals surface area contributed by atoms with Crippen molar-refractivity contribution in [2.75, 3.05) is 0 Å². The normalized spacial score (nSPS) is 11.9. The average molecular weight is 559 g/mol. The van der Waals surface area contributed by atoms with Gasteiger partial charge in [0.05, 0.1) is 21.1 Å². The van der Waals surface area contributed by atoms with Crippen molar-refractivity contribution < 1.29 is 13.9 Å². The van der Waals surface area contributed by atoms with Gasteiger partial charge in [-0.1, -0.05) is 70.1 Å². The van der Waals surface area contributed by atoms with Gasteiger partial charge >= 0.3 is 0 Å². The molecule has 1 N–H and O–H groups in total. The number of nitrogens with zero attached hydrogens (tertiary/aromatic N) is 1. The molecule has 34 heavy (non-hydrogen) atoms. The minimum Gasteiger partial charge on any atom is -0.482 e. The monoisotopic (exact) mass is 556 g/mol. The molecular weight excluding hydrogens is 542 g/mol. The maximum absolute atomic E-state index is 12.7. The van der Waals surface area contributed by atoms with Crippen LogP contribution in [0.15, 0.2) is 65.3 Å². The Morgan fingerprint density at radius 1 is 0.941 bits per heavy atom. The first-order valence-corrected chi connectivity index (χ1v) is 11.9. The quantitative estimate of drug-likeness (QED) is 0.183. The van der Waals surface area contributed by atoms with Gasteiger partial charge in [0.25, 0.3) is 5.91 Å². The predicted octanol–water partition coefficient (Wildman–Crippen LogP) is 8.41. The van der Waals surface area contributed by atoms with Gasteiger partial charge in [-0.2, -0.15) is 0 Å². The summed E-state index contributed by atoms with van der Waals surface area (Å²) in [5.74, 6) is 0.221. The van der Waals surface area contributed by atoms with Gasteiger partial charge in [-0.15, -0.1) is 0 Å². The summed E-state index contributed by atoms with van der Waals surface area (Å²) in [5.41, 5.74) is 1.95. The Morgan fingerprint density at radius 2 is 1.59 bits per heavy atom. The fourth-order valence-corrected chi connectivity index (χ4v) is 4.47. The number of amides is 1. The molecule has 2 heterocycles. The number of nitrogens with one attached hydrogen (secondary N) is 1. The van der Waals surface area contributed by atoms with E-state index in [4.69, 9.17) is 67.2 Å². The van der Waals surface area contributed by atoms with Crippen LogP contribution in [0.4, 0.5) is 0 Å². The van der Waals surface area contributed by atoms with Crippen molar-refractivity contribution in [2.24, 2.45) is 0 Å². The number of ether oxygens (including phenoxy) is 1. The van der Waals surface area contributed by atoms with Gasteiger partial charge in [-0.25, -0.2) is 0 Å². The highest BCUT2D eigenvalue weighted by Gasteiger charge is 2.21. The fourth-order valence-electron chi connectivity index (χ4n) is 3.24. The first-order chi connectivity index (χ1) is 16.3. The minimum atomic E-state index is -0.362. The van der Waals surface area contributed by atoms with E-state index in [0.29, 0.717) is 5.76 Å². The molecule has 1 amide bonds. The van der Waals surface area contributed by atoms with Crippen molar-refractivity contribution in [3.63, 3.8) is 0 Å². The number of rotatable bonds is 7. The van der Waals surface area contributed by atoms with E-state index in [1.807, 2.05) is 60.3 Å². The van der Waals surface area contributed by atoms with E-state index in [9.17, 15) is 4.79 Å². The zero-order valence-corrected chi connectivity index (χ0v) is 21.4. The van der Waals surface area contributed by atoms with E-state index in [-0.39, 0.29) is 55.2 Å². The minimum absolute atomic E-state index is 0.0292. The van der Waals surface area contributed by atoms with E-state index < -0.39 is 0 Å². The molecule has 0 fully saturated rings. The van der Waals surface area contributed by atoms with E-state index in [1.165, 1.54) is 0 Å². The summed E-state index contributed by atoms with van der Waals surface area (Å²) in [4.78, 5) is 12.7. The van der Waals surface area contributed by atoms with E-state index in [2.05, 4.69) is 5.32 Å². The van der Waals surface area contributed by atoms with E-state index in [0.717, 1.165) is 11.3 Å². The maximum atomic E-state index is 12.7. The van der Waals surface area contributed by atoms with E-state index in [1.54, 1.807) is 12.1 Å². The molecule has 10 heteroatoms. The van der Waals surface area contributed by atoms with Crippen LogP contribution in [-0.4, -0.2) is 10.5 Å². The van der Waals surface area contributed by atoms with Gasteiger partial charge in [0.1, 0.15) is 22.4 Å². The summed E-state index contributed by atoms with van der Waals surface area (Å²) in [5, 5.41) is 3.09. The van der Waals surface area contributed by atoms with Gasteiger partial charge in [0, 0.05) is 18.1 Å². The fraction of sp³-hybridized carbons (Fsp3) is 0.125. The predicted molar refractivity (Wildman–Crippen MR) is 136 cm³/mol. The highest BCUT2D eigenvalue weighted by atomic mass is 35.5. The molecule has 4 aromatic rings. The Kier molecular flexibility index (Phi) is 7.70. The molecule has 0 aliphatic rings. The molecule has 0 saturated heterocycles. The number of carbonyl (C=O) groups excluding carboxylic acids is 1. The summed E-state index contributed by atoms with van der Waals surface area (Å²) in [7, 11) is 0. The molecule has 0 radical (unpaired) electrons. The second-order valence-electron chi connectivity index (χ2n) is 7.33. The van der Waals surface area contributed by atoms with Crippen molar-refractivity contribution in [3.8, 4) is 11.4 Å². The van der Waals surface area contributed by atoms with Crippen LogP contribution < -0.4 is 10.1 Å². The van der Waals surface area contributed by atoms with E-state index >= 15 is 0 Å². The third kappa shape index (κ3) is 5.19. The molecule has 2 aromatic carbocycles. The lowest BCUT2D eigenvalue weighted by Crippen LogP contribution is -2.26. The average Bonchev–Trinajstić information content (AvgIpc) is 3.54. The highest BCUT2D eigenvalue weighted by molar-refractivity contribution is 6.55. The molecule has 176 valence electrons. The summed E-state index contributed by atoms with van der Waals surface area (Å²) in [6.07, 6.45) is 3.92. The molecular formula is C24H17Cl5N2O3. The van der Waals surface area contributed by atoms with Crippen LogP contribution in [0.1, 0.15) is 34.8 Å². The number of benzene rings is 2. The first-order valence-electron chi connectivity index (χ1n) is 10.0. The lowest BCUT2D eigenvalue weighted by molar-refractivity contribution is 0.0907. The largest absolute Gasteiger partial charge is 0.482 e. The Bertz CT molecular complexity index is 1310. The molecule has 0 bridgehead atoms. The molecule has 1 unspecified atom stereocenters. The van der Waals surface area contributed by atoms with Crippen molar-refractivity contribution in [2.45, 2.75) is 19.6 Å². The Labute approximate surface area is 221 Å². The third-order valence-corrected chi connectivity index (χ3v) is 7.28. The van der Waals surface area contributed by atoms with Crippen LogP contribution in [0.5, 0.6) is 5.75 Å². The van der Waals surface area contributed by atoms with Gasteiger partial charge in [0.2, 0.25) is 0 Å². The van der Waals surface area contributed by atoms with Gasteiger partial charge < -0.3 is 19.0 Å². The van der Waals surface area contributed by atoms with Gasteiger partial charge in [-0.3, -0.25) is 4.79 Å². The second-order valence-corrected chi connectivity index (χ2v) is 9.22. The Morgan fingerprint density at radius 3 is 2.26 bits per heavy atom. The summed E-state index contributed by atoms with van der Waals surface area (Å²) >= 11 is 30.5. The number of aromatic nitrogens is 1. The molecule has 0 aliphatic heterocycles. The van der Waals surface area contributed by atoms with Crippen LogP contribution in [0, 0.1) is 0 Å². The third-order valence-electron chi connectivity index (χ3n) is 5.03. The molecule has 1 atom stereocenters. The number of carbonyl (C=O) groups is 1. The smallest absolute Gasteiger partial charge is 0.287 e. The van der Waals surface area contributed by atoms with Crippen LogP contribution in [0.3, 0.4) is 0 Å². The molecule has 4 rings (SSSR count). The van der Waals surface area contributed by atoms with Gasteiger partial charge in [0.15, 0.2) is 11.5 Å². The lowest BCUT2D eigenvalue weighted by Gasteiger charge is -2.15. The van der Waals surface area contributed by atoms with Crippen LogP contribution >= 0.6 is 58.0 Å². The summed E-state index contributed by atoms with van der Waals surface area (Å²) < 4.78 is 13.3. The van der Waals surface area contributed by atoms with Crippen LogP contribution in [-0.2, 0) is 6.61 Å². The lowest BCUT2D eigenvalue weighted by atomic mass is 10.1. The standard InChI is InChI=1S/C24H17Cl5N2O3/c1-13(14-5-4-6-15(11-14)31-9-2-3-10-31)30-24(32)17-8-7-16(34-17)12-33-23-21(28)19(26)18(25)20(27)22(23)29/h2-11,13H,12H2,1H3,(H,30,32). The Balaban J connectivity index is 1.42. The number of furan rings is 1. The van der Waals surface area contributed by atoms with Crippen molar-refractivity contribution in [1.82, 2.24) is 9.88 Å². The number of hydrogen-bond acceptors (Lipinski definition) is 3. The zero-order valence-electron chi connectivity index (χ0n) is 17.6. The molecule has 2 aromatic heterocycles. The van der Waals surface area contributed by atoms with Crippen LogP contribution in [0.25, 0.3) is 5.69 Å². The number of halogens is 5. The van der Waals surface area contributed by atoms with Crippen molar-refractivity contribution >= 4 is 63.9 Å². The molecule has 5 nitrogen and oxygen atoms in total. The molecule has 0 saturated carbocycles. The second kappa shape index (κ2) is 10.5. The molecule has 0 aliphatic carbocycles. The Hall–Kier alpha value is -2.28. The van der Waals surface area contributed by atoms with Gasteiger partial charge in [-0.05, 0) is 48.9 Å². The SMILES string of the molecule is CC(NC(=O)c1ccc(COc2c(Cl)c(Cl)c(Cl)c(Cl)c2Cl)o1)c1cccc(-n2cccc2)c1. The first kappa shape index (κ1) is 24.8.